The first kappa shape index (κ1) is 24.0. The summed E-state index contributed by atoms with van der Waals surface area (Å²) in [5, 5.41) is 19.6. The van der Waals surface area contributed by atoms with Crippen LogP contribution in [0.15, 0.2) is 62.5 Å². The largest absolute Gasteiger partial charge is 0.439 e. The average molecular weight is 483 g/mol. The van der Waals surface area contributed by atoms with Crippen molar-refractivity contribution in [1.82, 2.24) is 9.13 Å². The van der Waals surface area contributed by atoms with Gasteiger partial charge in [-0.25, -0.2) is 4.79 Å². The second-order valence-electron chi connectivity index (χ2n) is 8.31. The number of aliphatic hydroxyl groups is 2. The molecule has 0 aliphatic rings. The first-order chi connectivity index (χ1) is 16.4. The summed E-state index contributed by atoms with van der Waals surface area (Å²) in [7, 11) is 0. The highest BCUT2D eigenvalue weighted by molar-refractivity contribution is 6.30. The Morgan fingerprint density at radius 1 is 0.941 bits per heavy atom. The molecule has 4 aromatic rings. The molecule has 0 saturated heterocycles. The summed E-state index contributed by atoms with van der Waals surface area (Å²) < 4.78 is 8.84. The number of aryl methyl sites for hydroxylation is 2. The van der Waals surface area contributed by atoms with Gasteiger partial charge in [0.2, 0.25) is 5.71 Å². The Labute approximate surface area is 201 Å². The lowest BCUT2D eigenvalue weighted by molar-refractivity contribution is 0.273. The number of hydrogen-bond donors (Lipinski definition) is 2. The molecule has 4 rings (SSSR count). The summed E-state index contributed by atoms with van der Waals surface area (Å²) in [5.41, 5.74) is 2.71. The van der Waals surface area contributed by atoms with Crippen LogP contribution in [0, 0.1) is 6.92 Å². The van der Waals surface area contributed by atoms with Gasteiger partial charge in [-0.1, -0.05) is 47.5 Å². The lowest BCUT2D eigenvalue weighted by Crippen LogP contribution is -2.40. The van der Waals surface area contributed by atoms with E-state index in [9.17, 15) is 19.8 Å². The summed E-state index contributed by atoms with van der Waals surface area (Å²) in [6, 6.07) is 15.2. The summed E-state index contributed by atoms with van der Waals surface area (Å²) in [4.78, 5) is 26.8. The predicted octanol–water partition coefficient (Wildman–Crippen LogP) is 3.74. The Morgan fingerprint density at radius 3 is 2.26 bits per heavy atom. The van der Waals surface area contributed by atoms with E-state index in [1.165, 1.54) is 4.57 Å². The Balaban J connectivity index is 2.04. The van der Waals surface area contributed by atoms with E-state index in [0.29, 0.717) is 34.6 Å². The van der Waals surface area contributed by atoms with Crippen molar-refractivity contribution in [2.45, 2.75) is 39.3 Å². The molecule has 2 heterocycles. The van der Waals surface area contributed by atoms with Crippen molar-refractivity contribution in [3.8, 4) is 11.3 Å². The van der Waals surface area contributed by atoms with Crippen LogP contribution in [-0.2, 0) is 19.5 Å². The molecule has 2 aromatic carbocycles. The summed E-state index contributed by atoms with van der Waals surface area (Å²) in [6.45, 7) is 2.02. The number of aromatic nitrogens is 2. The van der Waals surface area contributed by atoms with Gasteiger partial charge in [-0.05, 0) is 43.5 Å². The Bertz CT molecular complexity index is 1420. The van der Waals surface area contributed by atoms with E-state index in [1.54, 1.807) is 12.1 Å². The topological polar surface area (TPSA) is 97.6 Å². The first-order valence-corrected chi connectivity index (χ1v) is 11.6. The molecule has 0 amide bonds. The van der Waals surface area contributed by atoms with Gasteiger partial charge >= 0.3 is 5.69 Å². The fourth-order valence-electron chi connectivity index (χ4n) is 4.16. The van der Waals surface area contributed by atoms with Crippen LogP contribution in [0.25, 0.3) is 22.4 Å². The van der Waals surface area contributed by atoms with Crippen LogP contribution in [0.3, 0.4) is 0 Å². The highest BCUT2D eigenvalue weighted by Crippen LogP contribution is 2.34. The van der Waals surface area contributed by atoms with Gasteiger partial charge < -0.3 is 14.6 Å². The molecule has 8 heteroatoms. The van der Waals surface area contributed by atoms with E-state index in [-0.39, 0.29) is 38.4 Å². The van der Waals surface area contributed by atoms with Crippen LogP contribution >= 0.6 is 11.6 Å². The van der Waals surface area contributed by atoms with Crippen LogP contribution in [-0.4, -0.2) is 32.6 Å². The number of hydrogen-bond acceptors (Lipinski definition) is 5. The third-order valence-electron chi connectivity index (χ3n) is 5.81. The van der Waals surface area contributed by atoms with Crippen molar-refractivity contribution in [2.24, 2.45) is 0 Å². The molecule has 2 aromatic heterocycles. The van der Waals surface area contributed by atoms with E-state index in [1.807, 2.05) is 43.3 Å². The minimum absolute atomic E-state index is 0.0918. The van der Waals surface area contributed by atoms with Gasteiger partial charge in [-0.2, -0.15) is 0 Å². The first-order valence-electron chi connectivity index (χ1n) is 11.3. The predicted molar refractivity (Wildman–Crippen MR) is 133 cm³/mol. The Kier molecular flexibility index (Phi) is 7.36. The van der Waals surface area contributed by atoms with Crippen LogP contribution in [0.5, 0.6) is 0 Å². The highest BCUT2D eigenvalue weighted by Gasteiger charge is 2.24. The molecule has 0 bridgehead atoms. The van der Waals surface area contributed by atoms with E-state index in [2.05, 4.69) is 0 Å². The van der Waals surface area contributed by atoms with Gasteiger partial charge in [-0.15, -0.1) is 0 Å². The van der Waals surface area contributed by atoms with E-state index in [4.69, 9.17) is 16.0 Å². The summed E-state index contributed by atoms with van der Waals surface area (Å²) in [6.07, 6.45) is 1.01. The molecule has 0 atom stereocenters. The summed E-state index contributed by atoms with van der Waals surface area (Å²) in [5.74, 6) is 0.530. The van der Waals surface area contributed by atoms with Crippen molar-refractivity contribution >= 4 is 22.7 Å². The molecule has 0 saturated carbocycles. The fourth-order valence-corrected chi connectivity index (χ4v) is 4.29. The minimum Gasteiger partial charge on any atom is -0.439 e. The zero-order chi connectivity index (χ0) is 24.2. The fraction of sp³-hybridized carbons (Fsp3) is 0.308. The molecule has 0 unspecified atom stereocenters. The lowest BCUT2D eigenvalue weighted by atomic mass is 9.99. The quantitative estimate of drug-likeness (QED) is 0.379. The number of nitrogens with zero attached hydrogens (tertiary/aromatic N) is 2. The SMILES string of the molecule is Cc1cccc(-c2oc3c(c2Cc2ccc(Cl)cc2)c(=O)n(CCCO)c(=O)n3CCCO)c1. The second-order valence-corrected chi connectivity index (χ2v) is 8.74. The molecule has 178 valence electrons. The van der Waals surface area contributed by atoms with Gasteiger partial charge in [0.05, 0.1) is 0 Å². The molecule has 2 N–H and O–H groups in total. The van der Waals surface area contributed by atoms with Crippen molar-refractivity contribution in [3.63, 3.8) is 0 Å². The number of halogens is 1. The van der Waals surface area contributed by atoms with Gasteiger partial charge in [0.25, 0.3) is 5.56 Å². The number of fused-ring (bicyclic) bond motifs is 1. The number of aliphatic hydroxyl groups excluding tert-OH is 2. The van der Waals surface area contributed by atoms with Gasteiger partial charge in [0, 0.05) is 48.9 Å². The molecule has 0 aliphatic carbocycles. The Hall–Kier alpha value is -3.13. The maximum atomic E-state index is 13.6. The summed E-state index contributed by atoms with van der Waals surface area (Å²) >= 11 is 6.06. The number of benzene rings is 2. The molecule has 0 spiro atoms. The third-order valence-corrected chi connectivity index (χ3v) is 6.06. The molecule has 0 aliphatic heterocycles. The van der Waals surface area contributed by atoms with Crippen molar-refractivity contribution in [2.75, 3.05) is 13.2 Å². The molecule has 34 heavy (non-hydrogen) atoms. The average Bonchev–Trinajstić information content (AvgIpc) is 3.19. The normalized spacial score (nSPS) is 11.4. The monoisotopic (exact) mass is 482 g/mol. The third kappa shape index (κ3) is 4.73. The molecule has 0 radical (unpaired) electrons. The zero-order valence-corrected chi connectivity index (χ0v) is 19.7. The maximum absolute atomic E-state index is 13.6. The second kappa shape index (κ2) is 10.4. The van der Waals surface area contributed by atoms with E-state index < -0.39 is 11.2 Å². The van der Waals surface area contributed by atoms with Crippen LogP contribution < -0.4 is 11.2 Å². The van der Waals surface area contributed by atoms with Crippen molar-refractivity contribution < 1.29 is 14.6 Å². The van der Waals surface area contributed by atoms with Gasteiger partial charge in [-0.3, -0.25) is 13.9 Å². The zero-order valence-electron chi connectivity index (χ0n) is 19.0. The smallest absolute Gasteiger partial charge is 0.333 e. The van der Waals surface area contributed by atoms with E-state index in [0.717, 1.165) is 21.3 Å². The highest BCUT2D eigenvalue weighted by atomic mass is 35.5. The lowest BCUT2D eigenvalue weighted by Gasteiger charge is -2.11. The molecule has 7 nitrogen and oxygen atoms in total. The van der Waals surface area contributed by atoms with Crippen LogP contribution in [0.1, 0.15) is 29.5 Å². The minimum atomic E-state index is -0.512. The molecule has 0 fully saturated rings. The van der Waals surface area contributed by atoms with E-state index >= 15 is 0 Å². The molecular formula is C26H27ClN2O5. The van der Waals surface area contributed by atoms with Gasteiger partial charge in [0.1, 0.15) is 11.1 Å². The van der Waals surface area contributed by atoms with Crippen LogP contribution in [0.2, 0.25) is 5.02 Å². The van der Waals surface area contributed by atoms with Crippen molar-refractivity contribution in [1.29, 1.82) is 0 Å². The number of furan rings is 1. The van der Waals surface area contributed by atoms with Crippen LogP contribution in [0.4, 0.5) is 0 Å². The standard InChI is InChI=1S/C26H27ClN2O5/c1-17-5-2-6-19(15-17)23-21(16-18-7-9-20(27)10-8-18)22-24(32)28(11-3-13-30)26(33)29(12-4-14-31)25(22)34-23/h2,5-10,15,30-31H,3-4,11-14,16H2,1H3. The van der Waals surface area contributed by atoms with Crippen molar-refractivity contribution in [3.05, 3.63) is 91.1 Å². The molecular weight excluding hydrogens is 456 g/mol. The maximum Gasteiger partial charge on any atom is 0.333 e. The Morgan fingerprint density at radius 2 is 1.62 bits per heavy atom. The van der Waals surface area contributed by atoms with Gasteiger partial charge in [0.15, 0.2) is 0 Å². The number of rotatable bonds is 9.